The smallest absolute Gasteiger partial charge is 0.243 e. The number of fused-ring (bicyclic) bond motifs is 2. The number of nitrogens with zero attached hydrogens (tertiary/aromatic N) is 5. The maximum absolute atomic E-state index is 14.5. The van der Waals surface area contributed by atoms with Crippen LogP contribution in [-0.2, 0) is 22.7 Å². The number of para-hydroxylation sites is 1. The molecule has 2 N–H and O–H groups in total. The van der Waals surface area contributed by atoms with Crippen molar-refractivity contribution in [3.63, 3.8) is 0 Å². The molecule has 2 aromatic carbocycles. The van der Waals surface area contributed by atoms with Gasteiger partial charge in [0.05, 0.1) is 41.4 Å². The molecule has 2 amide bonds. The number of hydrogen-bond donors (Lipinski definition) is 2. The number of aromatic nitrogens is 4. The largest absolute Gasteiger partial charge is 0.353 e. The fraction of sp³-hybridized carbons (Fsp3) is 0.241. The predicted molar refractivity (Wildman–Crippen MR) is 154 cm³/mol. The Morgan fingerprint density at radius 3 is 2.68 bits per heavy atom. The highest BCUT2D eigenvalue weighted by atomic mass is 32.1. The van der Waals surface area contributed by atoms with Crippen LogP contribution in [0, 0.1) is 0 Å². The number of amides is 2. The number of anilines is 2. The third-order valence-corrected chi connectivity index (χ3v) is 8.08. The SMILES string of the molecule is CC(=O)c1cn(CC(=O)N2CC(F)CC2C(=O)NCc2nc3ccccc3s2)c2ccc(Nc3cncnc3)cc12. The monoisotopic (exact) mass is 571 g/mol. The minimum atomic E-state index is -1.30. The van der Waals surface area contributed by atoms with E-state index in [1.165, 1.54) is 29.5 Å². The van der Waals surface area contributed by atoms with E-state index in [2.05, 4.69) is 25.6 Å². The molecule has 10 nitrogen and oxygen atoms in total. The number of rotatable bonds is 8. The maximum Gasteiger partial charge on any atom is 0.243 e. The summed E-state index contributed by atoms with van der Waals surface area (Å²) in [5.41, 5.74) is 3.39. The molecular weight excluding hydrogens is 545 g/mol. The van der Waals surface area contributed by atoms with Gasteiger partial charge >= 0.3 is 0 Å². The zero-order valence-electron chi connectivity index (χ0n) is 22.1. The van der Waals surface area contributed by atoms with E-state index >= 15 is 0 Å². The molecule has 0 spiro atoms. The molecule has 1 aliphatic heterocycles. The molecule has 208 valence electrons. The second-order valence-corrected chi connectivity index (χ2v) is 11.0. The molecule has 0 radical (unpaired) electrons. The van der Waals surface area contributed by atoms with Crippen molar-refractivity contribution in [1.82, 2.24) is 29.7 Å². The number of carbonyl (C=O) groups is 3. The summed E-state index contributed by atoms with van der Waals surface area (Å²) < 4.78 is 17.2. The summed E-state index contributed by atoms with van der Waals surface area (Å²) in [4.78, 5) is 52.8. The Morgan fingerprint density at radius 1 is 1.10 bits per heavy atom. The van der Waals surface area contributed by atoms with Crippen LogP contribution in [0.15, 0.2) is 67.4 Å². The second kappa shape index (κ2) is 11.0. The van der Waals surface area contributed by atoms with Gasteiger partial charge in [-0.15, -0.1) is 11.3 Å². The Kier molecular flexibility index (Phi) is 7.14. The summed E-state index contributed by atoms with van der Waals surface area (Å²) in [6.45, 7) is 1.36. The molecule has 3 aromatic heterocycles. The van der Waals surface area contributed by atoms with E-state index in [-0.39, 0.29) is 31.8 Å². The summed E-state index contributed by atoms with van der Waals surface area (Å²) >= 11 is 1.48. The average Bonchev–Trinajstić information content (AvgIpc) is 3.67. The van der Waals surface area contributed by atoms with Gasteiger partial charge in [-0.3, -0.25) is 14.4 Å². The van der Waals surface area contributed by atoms with Crippen LogP contribution in [0.25, 0.3) is 21.1 Å². The van der Waals surface area contributed by atoms with Gasteiger partial charge in [-0.1, -0.05) is 12.1 Å². The lowest BCUT2D eigenvalue weighted by Gasteiger charge is -2.24. The van der Waals surface area contributed by atoms with Gasteiger partial charge in [0.25, 0.3) is 0 Å². The Hall–Kier alpha value is -4.71. The van der Waals surface area contributed by atoms with Gasteiger partial charge in [0, 0.05) is 34.8 Å². The van der Waals surface area contributed by atoms with Crippen molar-refractivity contribution in [2.75, 3.05) is 11.9 Å². The lowest BCUT2D eigenvalue weighted by molar-refractivity contribution is -0.138. The number of nitrogens with one attached hydrogen (secondary N) is 2. The Balaban J connectivity index is 1.18. The topological polar surface area (TPSA) is 122 Å². The summed E-state index contributed by atoms with van der Waals surface area (Å²) in [7, 11) is 0. The number of carbonyl (C=O) groups excluding carboxylic acids is 3. The Bertz CT molecular complexity index is 1740. The van der Waals surface area contributed by atoms with Gasteiger partial charge in [0.15, 0.2) is 5.78 Å². The highest BCUT2D eigenvalue weighted by Gasteiger charge is 2.39. The summed E-state index contributed by atoms with van der Waals surface area (Å²) in [6, 6.07) is 12.2. The minimum absolute atomic E-state index is 0.0687. The van der Waals surface area contributed by atoms with Crippen molar-refractivity contribution in [1.29, 1.82) is 0 Å². The van der Waals surface area contributed by atoms with E-state index < -0.39 is 24.0 Å². The molecule has 41 heavy (non-hydrogen) atoms. The Labute approximate surface area is 238 Å². The van der Waals surface area contributed by atoms with Gasteiger partial charge in [0.2, 0.25) is 11.8 Å². The number of hydrogen-bond acceptors (Lipinski definition) is 8. The zero-order valence-corrected chi connectivity index (χ0v) is 22.9. The van der Waals surface area contributed by atoms with Gasteiger partial charge < -0.3 is 20.1 Å². The van der Waals surface area contributed by atoms with Crippen LogP contribution in [0.4, 0.5) is 15.8 Å². The fourth-order valence-electron chi connectivity index (χ4n) is 5.14. The minimum Gasteiger partial charge on any atom is -0.353 e. The highest BCUT2D eigenvalue weighted by Crippen LogP contribution is 2.28. The molecule has 4 heterocycles. The lowest BCUT2D eigenvalue weighted by atomic mass is 10.1. The quantitative estimate of drug-likeness (QED) is 0.267. The van der Waals surface area contributed by atoms with Crippen LogP contribution in [0.1, 0.15) is 28.7 Å². The van der Waals surface area contributed by atoms with E-state index in [0.717, 1.165) is 20.9 Å². The van der Waals surface area contributed by atoms with Crippen LogP contribution in [0.3, 0.4) is 0 Å². The molecule has 0 aliphatic carbocycles. The van der Waals surface area contributed by atoms with Crippen molar-refractivity contribution < 1.29 is 18.8 Å². The van der Waals surface area contributed by atoms with Crippen molar-refractivity contribution >= 4 is 61.4 Å². The molecule has 1 fully saturated rings. The van der Waals surface area contributed by atoms with Gasteiger partial charge in [0.1, 0.15) is 30.1 Å². The van der Waals surface area contributed by atoms with Crippen LogP contribution >= 0.6 is 11.3 Å². The summed E-state index contributed by atoms with van der Waals surface area (Å²) in [6.07, 6.45) is 4.95. The highest BCUT2D eigenvalue weighted by molar-refractivity contribution is 7.18. The van der Waals surface area contributed by atoms with E-state index in [1.807, 2.05) is 42.5 Å². The first-order chi connectivity index (χ1) is 19.9. The molecule has 0 bridgehead atoms. The first-order valence-corrected chi connectivity index (χ1v) is 13.9. The molecule has 12 heteroatoms. The van der Waals surface area contributed by atoms with Crippen molar-refractivity contribution in [3.05, 3.63) is 78.0 Å². The summed E-state index contributed by atoms with van der Waals surface area (Å²) in [5, 5.41) is 7.43. The number of halogens is 1. The molecule has 0 saturated carbocycles. The first-order valence-electron chi connectivity index (χ1n) is 13.1. The number of Topliss-reactive ketones (excluding diaryl/α,β-unsaturated/α-hetero) is 1. The molecule has 2 unspecified atom stereocenters. The van der Waals surface area contributed by atoms with E-state index in [9.17, 15) is 18.8 Å². The van der Waals surface area contributed by atoms with Crippen LogP contribution in [0.2, 0.25) is 0 Å². The third kappa shape index (κ3) is 5.50. The fourth-order valence-corrected chi connectivity index (χ4v) is 6.05. The number of thiazole rings is 1. The second-order valence-electron chi connectivity index (χ2n) is 9.90. The van der Waals surface area contributed by atoms with E-state index in [1.54, 1.807) is 23.2 Å². The van der Waals surface area contributed by atoms with E-state index in [4.69, 9.17) is 0 Å². The number of ketones is 1. The number of benzene rings is 2. The van der Waals surface area contributed by atoms with Gasteiger partial charge in [-0.25, -0.2) is 19.3 Å². The van der Waals surface area contributed by atoms with Crippen LogP contribution in [-0.4, -0.2) is 60.8 Å². The summed E-state index contributed by atoms with van der Waals surface area (Å²) in [5.74, 6) is -0.973. The molecular formula is C29H26FN7O3S. The van der Waals surface area contributed by atoms with Crippen molar-refractivity contribution in [2.45, 2.75) is 38.6 Å². The lowest BCUT2D eigenvalue weighted by Crippen LogP contribution is -2.46. The van der Waals surface area contributed by atoms with Crippen LogP contribution in [0.5, 0.6) is 0 Å². The van der Waals surface area contributed by atoms with Crippen molar-refractivity contribution in [3.8, 4) is 0 Å². The zero-order chi connectivity index (χ0) is 28.5. The Morgan fingerprint density at radius 2 is 1.90 bits per heavy atom. The third-order valence-electron chi connectivity index (χ3n) is 7.04. The number of likely N-dealkylation sites (tertiary alicyclic amines) is 1. The van der Waals surface area contributed by atoms with Crippen molar-refractivity contribution in [2.24, 2.45) is 0 Å². The molecule has 1 saturated heterocycles. The first kappa shape index (κ1) is 26.5. The van der Waals surface area contributed by atoms with E-state index in [0.29, 0.717) is 22.2 Å². The van der Waals surface area contributed by atoms with Gasteiger partial charge in [-0.05, 0) is 37.3 Å². The standard InChI is InChI=1S/C29H26FN7O3S/c1-17(38)22-14-36(24-7-6-19(9-21(22)24)34-20-10-31-16-32-11-20)15-28(39)37-13-18(30)8-25(37)29(40)33-12-27-35-23-4-2-3-5-26(23)41-27/h2-7,9-11,14,16,18,25,34H,8,12-13,15H2,1H3,(H,33,40). The molecule has 1 aliphatic rings. The molecule has 2 atom stereocenters. The average molecular weight is 572 g/mol. The number of alkyl halides is 1. The normalized spacial score (nSPS) is 16.8. The van der Waals surface area contributed by atoms with Gasteiger partial charge in [-0.2, -0.15) is 0 Å². The maximum atomic E-state index is 14.5. The predicted octanol–water partition coefficient (Wildman–Crippen LogP) is 4.24. The van der Waals surface area contributed by atoms with Crippen LogP contribution < -0.4 is 10.6 Å². The molecule has 6 rings (SSSR count). The molecule has 5 aromatic rings.